The van der Waals surface area contributed by atoms with Crippen molar-refractivity contribution in [3.8, 4) is 5.75 Å². The van der Waals surface area contributed by atoms with Gasteiger partial charge in [0, 0.05) is 24.9 Å². The van der Waals surface area contributed by atoms with E-state index in [1.165, 1.54) is 0 Å². The van der Waals surface area contributed by atoms with Gasteiger partial charge >= 0.3 is 0 Å². The minimum absolute atomic E-state index is 0.0115. The first-order valence-electron chi connectivity index (χ1n) is 8.42. The van der Waals surface area contributed by atoms with Crippen LogP contribution in [0.1, 0.15) is 43.0 Å². The van der Waals surface area contributed by atoms with Crippen LogP contribution >= 0.6 is 0 Å². The first-order chi connectivity index (χ1) is 11.2. The topological polar surface area (TPSA) is 67.4 Å². The molecule has 1 aliphatic rings. The summed E-state index contributed by atoms with van der Waals surface area (Å²) in [7, 11) is 0. The minimum atomic E-state index is -0.0464. The van der Waals surface area contributed by atoms with E-state index < -0.39 is 0 Å². The van der Waals surface area contributed by atoms with E-state index in [9.17, 15) is 9.59 Å². The number of hydrogen-bond donors (Lipinski definition) is 2. The summed E-state index contributed by atoms with van der Waals surface area (Å²) < 4.78 is 5.35. The normalized spacial score (nSPS) is 17.5. The summed E-state index contributed by atoms with van der Waals surface area (Å²) in [5.41, 5.74) is 0.623. The van der Waals surface area contributed by atoms with Crippen LogP contribution in [0, 0.1) is 5.92 Å². The Labute approximate surface area is 137 Å². The largest absolute Gasteiger partial charge is 0.494 e. The molecule has 23 heavy (non-hydrogen) atoms. The summed E-state index contributed by atoms with van der Waals surface area (Å²) in [6.07, 6.45) is 2.80. The highest BCUT2D eigenvalue weighted by Crippen LogP contribution is 2.14. The van der Waals surface area contributed by atoms with Gasteiger partial charge in [-0.25, -0.2) is 0 Å². The average molecular weight is 318 g/mol. The molecule has 0 aliphatic carbocycles. The number of benzene rings is 1. The maximum atomic E-state index is 12.1. The van der Waals surface area contributed by atoms with E-state index in [-0.39, 0.29) is 24.5 Å². The predicted molar refractivity (Wildman–Crippen MR) is 89.8 cm³/mol. The van der Waals surface area contributed by atoms with E-state index in [0.717, 1.165) is 31.7 Å². The molecule has 1 fully saturated rings. The lowest BCUT2D eigenvalue weighted by Gasteiger charge is -2.22. The van der Waals surface area contributed by atoms with Crippen LogP contribution in [0.25, 0.3) is 0 Å². The van der Waals surface area contributed by atoms with Gasteiger partial charge in [-0.2, -0.15) is 0 Å². The fraction of sp³-hybridized carbons (Fsp3) is 0.556. The highest BCUT2D eigenvalue weighted by atomic mass is 16.5. The zero-order chi connectivity index (χ0) is 16.5. The fourth-order valence-electron chi connectivity index (χ4n) is 2.72. The first kappa shape index (κ1) is 17.5. The molecule has 1 heterocycles. The molecule has 2 N–H and O–H groups in total. The third-order valence-corrected chi connectivity index (χ3v) is 4.05. The van der Waals surface area contributed by atoms with Crippen molar-refractivity contribution in [2.45, 2.75) is 32.6 Å². The van der Waals surface area contributed by atoms with Gasteiger partial charge in [-0.1, -0.05) is 0 Å². The highest BCUT2D eigenvalue weighted by molar-refractivity contribution is 5.98. The standard InChI is InChI=1S/C18H26N2O3/c1-2-23-16-7-5-15(6-8-16)17(21)9-10-18(22)20-13-14-4-3-11-19-12-14/h5-8,14,19H,2-4,9-13H2,1H3,(H,20,22). The summed E-state index contributed by atoms with van der Waals surface area (Å²) in [6.45, 7) is 5.25. The van der Waals surface area contributed by atoms with E-state index in [2.05, 4.69) is 10.6 Å². The second-order valence-electron chi connectivity index (χ2n) is 5.90. The van der Waals surface area contributed by atoms with Crippen molar-refractivity contribution in [2.24, 2.45) is 5.92 Å². The lowest BCUT2D eigenvalue weighted by Crippen LogP contribution is -2.38. The predicted octanol–water partition coefficient (Wildman–Crippen LogP) is 2.16. The Balaban J connectivity index is 1.69. The molecule has 1 saturated heterocycles. The van der Waals surface area contributed by atoms with Crippen LogP contribution in [0.3, 0.4) is 0 Å². The van der Waals surface area contributed by atoms with Crippen molar-refractivity contribution >= 4 is 11.7 Å². The molecule has 1 atom stereocenters. The molecule has 1 aromatic rings. The Kier molecular flexibility index (Phi) is 7.07. The number of ether oxygens (including phenoxy) is 1. The van der Waals surface area contributed by atoms with Crippen LogP contribution in [-0.4, -0.2) is 37.9 Å². The first-order valence-corrected chi connectivity index (χ1v) is 8.42. The quantitative estimate of drug-likeness (QED) is 0.721. The number of rotatable bonds is 8. The molecule has 0 bridgehead atoms. The van der Waals surface area contributed by atoms with E-state index in [4.69, 9.17) is 4.74 Å². The van der Waals surface area contributed by atoms with Crippen molar-refractivity contribution in [3.05, 3.63) is 29.8 Å². The average Bonchev–Trinajstić information content (AvgIpc) is 2.59. The summed E-state index contributed by atoms with van der Waals surface area (Å²) >= 11 is 0. The van der Waals surface area contributed by atoms with Gasteiger partial charge in [0.15, 0.2) is 5.78 Å². The van der Waals surface area contributed by atoms with Gasteiger partial charge in [0.1, 0.15) is 5.75 Å². The Morgan fingerprint density at radius 3 is 2.70 bits per heavy atom. The molecule has 126 valence electrons. The fourth-order valence-corrected chi connectivity index (χ4v) is 2.72. The Bertz CT molecular complexity index is 508. The monoisotopic (exact) mass is 318 g/mol. The van der Waals surface area contributed by atoms with Crippen molar-refractivity contribution in [1.82, 2.24) is 10.6 Å². The van der Waals surface area contributed by atoms with Crippen molar-refractivity contribution < 1.29 is 14.3 Å². The highest BCUT2D eigenvalue weighted by Gasteiger charge is 2.14. The van der Waals surface area contributed by atoms with Crippen LogP contribution in [0.4, 0.5) is 0 Å². The van der Waals surface area contributed by atoms with Crippen LogP contribution in [0.2, 0.25) is 0 Å². The second-order valence-corrected chi connectivity index (χ2v) is 5.90. The molecule has 0 spiro atoms. The summed E-state index contributed by atoms with van der Waals surface area (Å²) in [5, 5.41) is 6.26. The van der Waals surface area contributed by atoms with Gasteiger partial charge in [-0.3, -0.25) is 9.59 Å². The molecule has 1 amide bonds. The minimum Gasteiger partial charge on any atom is -0.494 e. The number of amides is 1. The number of piperidine rings is 1. The number of Topliss-reactive ketones (excluding diaryl/α,β-unsaturated/α-hetero) is 1. The van der Waals surface area contributed by atoms with E-state index in [1.54, 1.807) is 24.3 Å². The Morgan fingerprint density at radius 2 is 2.04 bits per heavy atom. The van der Waals surface area contributed by atoms with Crippen molar-refractivity contribution in [2.75, 3.05) is 26.2 Å². The number of carbonyl (C=O) groups excluding carboxylic acids is 2. The smallest absolute Gasteiger partial charge is 0.220 e. The zero-order valence-corrected chi connectivity index (χ0v) is 13.8. The lowest BCUT2D eigenvalue weighted by molar-refractivity contribution is -0.121. The number of nitrogens with one attached hydrogen (secondary N) is 2. The van der Waals surface area contributed by atoms with E-state index >= 15 is 0 Å². The molecule has 5 nitrogen and oxygen atoms in total. The summed E-state index contributed by atoms with van der Waals surface area (Å²) in [6, 6.07) is 7.07. The van der Waals surface area contributed by atoms with Crippen LogP contribution in [-0.2, 0) is 4.79 Å². The number of hydrogen-bond acceptors (Lipinski definition) is 4. The van der Waals surface area contributed by atoms with E-state index in [1.807, 2.05) is 6.92 Å². The van der Waals surface area contributed by atoms with Gasteiger partial charge in [0.05, 0.1) is 6.61 Å². The lowest BCUT2D eigenvalue weighted by atomic mass is 9.99. The van der Waals surface area contributed by atoms with Gasteiger partial charge in [0.2, 0.25) is 5.91 Å². The third-order valence-electron chi connectivity index (χ3n) is 4.05. The van der Waals surface area contributed by atoms with Crippen molar-refractivity contribution in [3.63, 3.8) is 0 Å². The van der Waals surface area contributed by atoms with E-state index in [0.29, 0.717) is 24.6 Å². The molecule has 1 aromatic carbocycles. The molecule has 0 aromatic heterocycles. The molecular formula is C18H26N2O3. The van der Waals surface area contributed by atoms with Gasteiger partial charge < -0.3 is 15.4 Å². The molecular weight excluding hydrogens is 292 g/mol. The molecule has 5 heteroatoms. The second kappa shape index (κ2) is 9.30. The van der Waals surface area contributed by atoms with Crippen LogP contribution in [0.15, 0.2) is 24.3 Å². The maximum Gasteiger partial charge on any atom is 0.220 e. The van der Waals surface area contributed by atoms with Crippen molar-refractivity contribution in [1.29, 1.82) is 0 Å². The SMILES string of the molecule is CCOc1ccc(C(=O)CCC(=O)NCC2CCCNC2)cc1. The third kappa shape index (κ3) is 6.02. The molecule has 2 rings (SSSR count). The Hall–Kier alpha value is -1.88. The molecule has 0 saturated carbocycles. The maximum absolute atomic E-state index is 12.1. The van der Waals surface area contributed by atoms with Gasteiger partial charge in [-0.05, 0) is 63.0 Å². The zero-order valence-electron chi connectivity index (χ0n) is 13.8. The molecule has 1 aliphatic heterocycles. The van der Waals surface area contributed by atoms with Gasteiger partial charge in [0.25, 0.3) is 0 Å². The number of ketones is 1. The Morgan fingerprint density at radius 1 is 1.26 bits per heavy atom. The van der Waals surface area contributed by atoms with Crippen LogP contribution < -0.4 is 15.4 Å². The molecule has 0 radical (unpaired) electrons. The van der Waals surface area contributed by atoms with Crippen LogP contribution in [0.5, 0.6) is 5.75 Å². The summed E-state index contributed by atoms with van der Waals surface area (Å²) in [4.78, 5) is 24.0. The summed E-state index contributed by atoms with van der Waals surface area (Å²) in [5.74, 6) is 1.20. The number of carbonyl (C=O) groups is 2. The molecule has 1 unspecified atom stereocenters. The van der Waals surface area contributed by atoms with Gasteiger partial charge in [-0.15, -0.1) is 0 Å².